The normalized spacial score (nSPS) is 27.5. The van der Waals surface area contributed by atoms with E-state index in [1.54, 1.807) is 7.11 Å². The van der Waals surface area contributed by atoms with Gasteiger partial charge in [-0.25, -0.2) is 0 Å². The van der Waals surface area contributed by atoms with E-state index in [1.807, 2.05) is 0 Å². The summed E-state index contributed by atoms with van der Waals surface area (Å²) >= 11 is 0. The van der Waals surface area contributed by atoms with Crippen LogP contribution in [-0.4, -0.2) is 32.2 Å². The monoisotopic (exact) mass is 304 g/mol. The van der Waals surface area contributed by atoms with Crippen molar-refractivity contribution < 1.29 is 9.53 Å². The van der Waals surface area contributed by atoms with Crippen LogP contribution in [0.5, 0.6) is 0 Å². The molecule has 2 saturated carbocycles. The zero-order valence-electron chi connectivity index (χ0n) is 12.5. The SMILES string of the molecule is COCCC1(CNC(=O)C[C@@H]2CCC[C@H]2N)CCC1.Cl. The first-order chi connectivity index (χ1) is 9.15. The summed E-state index contributed by atoms with van der Waals surface area (Å²) in [6.45, 7) is 1.61. The minimum atomic E-state index is 0. The van der Waals surface area contributed by atoms with Gasteiger partial charge in [0, 0.05) is 32.7 Å². The number of methoxy groups -OCH3 is 1. The smallest absolute Gasteiger partial charge is 0.220 e. The van der Waals surface area contributed by atoms with Gasteiger partial charge in [0.15, 0.2) is 0 Å². The molecule has 118 valence electrons. The van der Waals surface area contributed by atoms with E-state index in [-0.39, 0.29) is 24.4 Å². The minimum Gasteiger partial charge on any atom is -0.385 e. The number of carbonyl (C=O) groups excluding carboxylic acids is 1. The molecule has 1 amide bonds. The lowest BCUT2D eigenvalue weighted by Gasteiger charge is -2.42. The van der Waals surface area contributed by atoms with Crippen LogP contribution < -0.4 is 11.1 Å². The van der Waals surface area contributed by atoms with E-state index in [1.165, 1.54) is 25.7 Å². The minimum absolute atomic E-state index is 0. The van der Waals surface area contributed by atoms with Gasteiger partial charge < -0.3 is 15.8 Å². The Morgan fingerprint density at radius 2 is 2.10 bits per heavy atom. The van der Waals surface area contributed by atoms with Gasteiger partial charge in [0.1, 0.15) is 0 Å². The fourth-order valence-corrected chi connectivity index (χ4v) is 3.43. The Balaban J connectivity index is 0.00000200. The lowest BCUT2D eigenvalue weighted by molar-refractivity contribution is -0.123. The molecule has 5 heteroatoms. The maximum atomic E-state index is 12.0. The van der Waals surface area contributed by atoms with Crippen molar-refractivity contribution in [2.45, 2.75) is 57.4 Å². The van der Waals surface area contributed by atoms with Crippen molar-refractivity contribution in [1.29, 1.82) is 0 Å². The number of amides is 1. The largest absolute Gasteiger partial charge is 0.385 e. The number of hydrogen-bond donors (Lipinski definition) is 2. The average Bonchev–Trinajstić information content (AvgIpc) is 2.73. The molecule has 0 bridgehead atoms. The second-order valence-corrected chi connectivity index (χ2v) is 6.43. The first-order valence-electron chi connectivity index (χ1n) is 7.66. The highest BCUT2D eigenvalue weighted by Gasteiger charge is 2.37. The molecule has 20 heavy (non-hydrogen) atoms. The van der Waals surface area contributed by atoms with Crippen molar-refractivity contribution in [2.24, 2.45) is 17.1 Å². The molecule has 0 aromatic rings. The van der Waals surface area contributed by atoms with Crippen molar-refractivity contribution in [1.82, 2.24) is 5.32 Å². The van der Waals surface area contributed by atoms with Gasteiger partial charge in [-0.3, -0.25) is 4.79 Å². The Morgan fingerprint density at radius 1 is 1.35 bits per heavy atom. The van der Waals surface area contributed by atoms with Crippen LogP contribution in [0, 0.1) is 11.3 Å². The molecule has 4 nitrogen and oxygen atoms in total. The van der Waals surface area contributed by atoms with Gasteiger partial charge in [0.2, 0.25) is 5.91 Å². The predicted molar refractivity (Wildman–Crippen MR) is 83.0 cm³/mol. The molecule has 2 aliphatic rings. The van der Waals surface area contributed by atoms with E-state index < -0.39 is 0 Å². The van der Waals surface area contributed by atoms with Crippen LogP contribution >= 0.6 is 12.4 Å². The fourth-order valence-electron chi connectivity index (χ4n) is 3.43. The molecular formula is C15H29ClN2O2. The van der Waals surface area contributed by atoms with Gasteiger partial charge in [-0.1, -0.05) is 12.8 Å². The molecule has 0 unspecified atom stereocenters. The van der Waals surface area contributed by atoms with Crippen LogP contribution in [-0.2, 0) is 9.53 Å². The standard InChI is InChI=1S/C15H28N2O2.ClH/c1-19-9-8-15(6-3-7-15)11-17-14(18)10-12-4-2-5-13(12)16;/h12-13H,2-11,16H2,1H3,(H,17,18);1H/t12-,13+;/m0./s1. The van der Waals surface area contributed by atoms with E-state index in [2.05, 4.69) is 5.32 Å². The maximum Gasteiger partial charge on any atom is 0.220 e. The Kier molecular flexibility index (Phi) is 7.27. The Hall–Kier alpha value is -0.320. The third-order valence-corrected chi connectivity index (χ3v) is 5.08. The Morgan fingerprint density at radius 3 is 2.60 bits per heavy atom. The van der Waals surface area contributed by atoms with E-state index >= 15 is 0 Å². The first-order valence-corrected chi connectivity index (χ1v) is 7.66. The fraction of sp³-hybridized carbons (Fsp3) is 0.933. The van der Waals surface area contributed by atoms with Crippen molar-refractivity contribution in [3.63, 3.8) is 0 Å². The van der Waals surface area contributed by atoms with Crippen LogP contribution in [0.1, 0.15) is 51.4 Å². The molecule has 0 heterocycles. The first kappa shape index (κ1) is 17.7. The maximum absolute atomic E-state index is 12.0. The van der Waals surface area contributed by atoms with Gasteiger partial charge in [0.25, 0.3) is 0 Å². The predicted octanol–water partition coefficient (Wildman–Crippen LogP) is 2.25. The van der Waals surface area contributed by atoms with Gasteiger partial charge in [-0.05, 0) is 43.4 Å². The van der Waals surface area contributed by atoms with Crippen molar-refractivity contribution in [3.05, 3.63) is 0 Å². The highest BCUT2D eigenvalue weighted by molar-refractivity contribution is 5.85. The van der Waals surface area contributed by atoms with Gasteiger partial charge >= 0.3 is 0 Å². The zero-order valence-corrected chi connectivity index (χ0v) is 13.3. The molecule has 0 spiro atoms. The lowest BCUT2D eigenvalue weighted by Crippen LogP contribution is -2.43. The summed E-state index contributed by atoms with van der Waals surface area (Å²) in [7, 11) is 1.74. The van der Waals surface area contributed by atoms with Crippen LogP contribution in [0.3, 0.4) is 0 Å². The number of halogens is 1. The summed E-state index contributed by atoms with van der Waals surface area (Å²) in [5.74, 6) is 0.586. The highest BCUT2D eigenvalue weighted by Crippen LogP contribution is 2.43. The number of carbonyl (C=O) groups is 1. The average molecular weight is 305 g/mol. The molecule has 0 radical (unpaired) electrons. The molecule has 2 atom stereocenters. The molecule has 0 aliphatic heterocycles. The number of nitrogens with two attached hydrogens (primary N) is 1. The van der Waals surface area contributed by atoms with Crippen molar-refractivity contribution >= 4 is 18.3 Å². The summed E-state index contributed by atoms with van der Waals surface area (Å²) in [5.41, 5.74) is 6.32. The number of ether oxygens (including phenoxy) is 1. The Labute approximate surface area is 128 Å². The van der Waals surface area contributed by atoms with E-state index in [4.69, 9.17) is 10.5 Å². The summed E-state index contributed by atoms with van der Waals surface area (Å²) in [5, 5.41) is 3.13. The summed E-state index contributed by atoms with van der Waals surface area (Å²) in [6, 6.07) is 0.233. The molecule has 0 aromatic heterocycles. The topological polar surface area (TPSA) is 64.3 Å². The van der Waals surface area contributed by atoms with Crippen molar-refractivity contribution in [3.8, 4) is 0 Å². The third-order valence-electron chi connectivity index (χ3n) is 5.08. The second kappa shape index (κ2) is 8.20. The second-order valence-electron chi connectivity index (χ2n) is 6.43. The van der Waals surface area contributed by atoms with Gasteiger partial charge in [-0.2, -0.15) is 0 Å². The zero-order chi connectivity index (χ0) is 13.7. The van der Waals surface area contributed by atoms with Crippen LogP contribution in [0.2, 0.25) is 0 Å². The molecule has 2 fully saturated rings. The highest BCUT2D eigenvalue weighted by atomic mass is 35.5. The van der Waals surface area contributed by atoms with E-state index in [0.717, 1.165) is 32.4 Å². The van der Waals surface area contributed by atoms with E-state index in [0.29, 0.717) is 17.8 Å². The summed E-state index contributed by atoms with van der Waals surface area (Å²) in [6.07, 6.45) is 8.77. The molecule has 2 aliphatic carbocycles. The number of nitrogens with one attached hydrogen (secondary N) is 1. The van der Waals surface area contributed by atoms with Crippen molar-refractivity contribution in [2.75, 3.05) is 20.3 Å². The number of rotatable bonds is 7. The van der Waals surface area contributed by atoms with Crippen LogP contribution in [0.4, 0.5) is 0 Å². The quantitative estimate of drug-likeness (QED) is 0.758. The van der Waals surface area contributed by atoms with Crippen LogP contribution in [0.25, 0.3) is 0 Å². The molecule has 2 rings (SSSR count). The summed E-state index contributed by atoms with van der Waals surface area (Å²) in [4.78, 5) is 12.0. The number of hydrogen-bond acceptors (Lipinski definition) is 3. The van der Waals surface area contributed by atoms with E-state index in [9.17, 15) is 4.79 Å². The third kappa shape index (κ3) is 4.61. The summed E-state index contributed by atoms with van der Waals surface area (Å²) < 4.78 is 5.17. The Bertz CT molecular complexity index is 308. The van der Waals surface area contributed by atoms with Crippen LogP contribution in [0.15, 0.2) is 0 Å². The van der Waals surface area contributed by atoms with Gasteiger partial charge in [-0.15, -0.1) is 12.4 Å². The molecule has 0 saturated heterocycles. The van der Waals surface area contributed by atoms with Gasteiger partial charge in [0.05, 0.1) is 0 Å². The lowest BCUT2D eigenvalue weighted by atomic mass is 9.66. The molecular weight excluding hydrogens is 276 g/mol. The molecule has 3 N–H and O–H groups in total. The molecule has 0 aromatic carbocycles.